The molecular formula is C27H29N3O. The van der Waals surface area contributed by atoms with Crippen LogP contribution in [0.4, 0.5) is 5.69 Å². The summed E-state index contributed by atoms with van der Waals surface area (Å²) in [5.41, 5.74) is 7.33. The third-order valence-corrected chi connectivity index (χ3v) is 6.02. The predicted octanol–water partition coefficient (Wildman–Crippen LogP) is 5.77. The smallest absolute Gasteiger partial charge is 0.248 e. The minimum absolute atomic E-state index is 0.0509. The summed E-state index contributed by atoms with van der Waals surface area (Å²) >= 11 is 0. The second kappa shape index (κ2) is 8.38. The first kappa shape index (κ1) is 20.9. The van der Waals surface area contributed by atoms with Crippen LogP contribution in [0.3, 0.4) is 0 Å². The lowest BCUT2D eigenvalue weighted by molar-refractivity contribution is 0.413. The Balaban J connectivity index is 1.66. The number of anilines is 1. The van der Waals surface area contributed by atoms with Crippen LogP contribution in [0.5, 0.6) is 0 Å². The van der Waals surface area contributed by atoms with Crippen LogP contribution in [-0.2, 0) is 12.0 Å². The second-order valence-corrected chi connectivity index (χ2v) is 8.48. The molecule has 2 N–H and O–H groups in total. The van der Waals surface area contributed by atoms with Crippen LogP contribution >= 0.6 is 0 Å². The Bertz CT molecular complexity index is 1180. The quantitative estimate of drug-likeness (QED) is 0.485. The number of pyridine rings is 1. The van der Waals surface area contributed by atoms with Gasteiger partial charge in [-0.2, -0.15) is 0 Å². The van der Waals surface area contributed by atoms with Gasteiger partial charge < -0.3 is 10.3 Å². The third-order valence-electron chi connectivity index (χ3n) is 6.02. The minimum Gasteiger partial charge on any atom is -0.360 e. The minimum atomic E-state index is -0.449. The summed E-state index contributed by atoms with van der Waals surface area (Å²) in [7, 11) is 0. The van der Waals surface area contributed by atoms with Crippen LogP contribution in [0.1, 0.15) is 44.0 Å². The van der Waals surface area contributed by atoms with Crippen LogP contribution in [-0.4, -0.2) is 11.2 Å². The van der Waals surface area contributed by atoms with Crippen molar-refractivity contribution in [2.24, 2.45) is 10.9 Å². The third kappa shape index (κ3) is 4.11. The molecule has 2 bridgehead atoms. The topological polar surface area (TPSA) is 57.2 Å². The first-order valence-electron chi connectivity index (χ1n) is 10.7. The van der Waals surface area contributed by atoms with E-state index in [-0.39, 0.29) is 11.5 Å². The maximum absolute atomic E-state index is 11.9. The van der Waals surface area contributed by atoms with Crippen LogP contribution in [0.25, 0.3) is 6.08 Å². The summed E-state index contributed by atoms with van der Waals surface area (Å²) in [6.07, 6.45) is 12.1. The average Bonchev–Trinajstić information content (AvgIpc) is 2.71. The highest BCUT2D eigenvalue weighted by Gasteiger charge is 2.46. The molecule has 0 radical (unpaired) electrons. The molecule has 1 aromatic heterocycles. The molecule has 4 heteroatoms. The molecule has 1 aromatic carbocycles. The molecule has 0 fully saturated rings. The number of allylic oxidation sites excluding steroid dienone is 4. The van der Waals surface area contributed by atoms with E-state index in [0.29, 0.717) is 0 Å². The summed E-state index contributed by atoms with van der Waals surface area (Å²) < 4.78 is 0. The molecule has 2 unspecified atom stereocenters. The molecule has 2 aliphatic rings. The first-order valence-corrected chi connectivity index (χ1v) is 10.7. The number of nitrogens with zero attached hydrogens (tertiary/aromatic N) is 1. The highest BCUT2D eigenvalue weighted by Crippen LogP contribution is 2.51. The fraction of sp³-hybridized carbons (Fsp3) is 0.259. The molecule has 158 valence electrons. The van der Waals surface area contributed by atoms with E-state index in [1.165, 1.54) is 11.1 Å². The molecule has 0 spiro atoms. The number of aromatic amines is 1. The van der Waals surface area contributed by atoms with Crippen LogP contribution in [0.2, 0.25) is 0 Å². The lowest BCUT2D eigenvalue weighted by Gasteiger charge is -2.45. The van der Waals surface area contributed by atoms with E-state index in [9.17, 15) is 4.79 Å². The zero-order valence-electron chi connectivity index (χ0n) is 18.4. The number of nitrogens with one attached hydrogen (secondary N) is 2. The van der Waals surface area contributed by atoms with Gasteiger partial charge in [-0.05, 0) is 62.6 Å². The number of H-pyrrole nitrogens is 1. The van der Waals surface area contributed by atoms with Crippen molar-refractivity contribution in [3.05, 3.63) is 105 Å². The van der Waals surface area contributed by atoms with E-state index in [2.05, 4.69) is 61.1 Å². The van der Waals surface area contributed by atoms with E-state index >= 15 is 0 Å². The van der Waals surface area contributed by atoms with Crippen molar-refractivity contribution in [3.63, 3.8) is 0 Å². The molecule has 2 atom stereocenters. The Hall–Kier alpha value is -3.40. The van der Waals surface area contributed by atoms with Gasteiger partial charge in [0.2, 0.25) is 5.56 Å². The van der Waals surface area contributed by atoms with E-state index in [1.807, 2.05) is 37.4 Å². The largest absolute Gasteiger partial charge is 0.360 e. The highest BCUT2D eigenvalue weighted by molar-refractivity contribution is 5.79. The highest BCUT2D eigenvalue weighted by atomic mass is 16.1. The number of fused-ring (bicyclic) bond motifs is 4. The predicted molar refractivity (Wildman–Crippen MR) is 130 cm³/mol. The van der Waals surface area contributed by atoms with E-state index in [0.717, 1.165) is 41.0 Å². The van der Waals surface area contributed by atoms with Crippen molar-refractivity contribution in [1.82, 2.24) is 4.98 Å². The lowest BCUT2D eigenvalue weighted by atomic mass is 9.63. The van der Waals surface area contributed by atoms with Crippen molar-refractivity contribution in [3.8, 4) is 0 Å². The maximum atomic E-state index is 11.9. The van der Waals surface area contributed by atoms with Gasteiger partial charge in [0.15, 0.2) is 0 Å². The Morgan fingerprint density at radius 1 is 1.26 bits per heavy atom. The maximum Gasteiger partial charge on any atom is 0.248 e. The fourth-order valence-corrected chi connectivity index (χ4v) is 4.90. The zero-order chi connectivity index (χ0) is 22.0. The van der Waals surface area contributed by atoms with E-state index < -0.39 is 5.54 Å². The molecule has 1 heterocycles. The van der Waals surface area contributed by atoms with Gasteiger partial charge in [-0.3, -0.25) is 9.79 Å². The second-order valence-electron chi connectivity index (χ2n) is 8.48. The van der Waals surface area contributed by atoms with Gasteiger partial charge in [0.25, 0.3) is 0 Å². The average molecular weight is 412 g/mol. The molecule has 2 aliphatic carbocycles. The summed E-state index contributed by atoms with van der Waals surface area (Å²) in [6.45, 7) is 10.1. The van der Waals surface area contributed by atoms with Gasteiger partial charge in [-0.1, -0.05) is 42.5 Å². The van der Waals surface area contributed by atoms with Crippen molar-refractivity contribution < 1.29 is 0 Å². The van der Waals surface area contributed by atoms with Crippen molar-refractivity contribution >= 4 is 18.0 Å². The summed E-state index contributed by atoms with van der Waals surface area (Å²) in [5, 5.41) is 3.21. The summed E-state index contributed by atoms with van der Waals surface area (Å²) in [4.78, 5) is 20.1. The monoisotopic (exact) mass is 411 g/mol. The van der Waals surface area contributed by atoms with Crippen molar-refractivity contribution in [1.29, 1.82) is 0 Å². The summed E-state index contributed by atoms with van der Waals surface area (Å²) in [5.74, 6) is 0.277. The number of aromatic nitrogens is 1. The van der Waals surface area contributed by atoms with Gasteiger partial charge in [0, 0.05) is 47.3 Å². The van der Waals surface area contributed by atoms with Gasteiger partial charge in [0.05, 0.1) is 0 Å². The molecule has 2 aromatic rings. The molecule has 0 saturated carbocycles. The van der Waals surface area contributed by atoms with Crippen LogP contribution in [0, 0.1) is 5.92 Å². The van der Waals surface area contributed by atoms with Gasteiger partial charge >= 0.3 is 0 Å². The lowest BCUT2D eigenvalue weighted by Crippen LogP contribution is -2.40. The Morgan fingerprint density at radius 2 is 2.03 bits per heavy atom. The summed E-state index contributed by atoms with van der Waals surface area (Å²) in [6, 6.07) is 11.8. The number of hydrogen-bond donors (Lipinski definition) is 2. The van der Waals surface area contributed by atoms with Gasteiger partial charge in [-0.15, -0.1) is 0 Å². The van der Waals surface area contributed by atoms with Gasteiger partial charge in [-0.25, -0.2) is 0 Å². The van der Waals surface area contributed by atoms with E-state index in [4.69, 9.17) is 4.99 Å². The molecule has 0 aliphatic heterocycles. The molecule has 31 heavy (non-hydrogen) atoms. The molecule has 4 nitrogen and oxygen atoms in total. The zero-order valence-corrected chi connectivity index (χ0v) is 18.4. The van der Waals surface area contributed by atoms with Crippen molar-refractivity contribution in [2.45, 2.75) is 39.2 Å². The molecule has 0 saturated heterocycles. The van der Waals surface area contributed by atoms with Crippen molar-refractivity contribution in [2.75, 3.05) is 5.32 Å². The Kier molecular flexibility index (Phi) is 5.64. The Morgan fingerprint density at radius 3 is 2.74 bits per heavy atom. The number of rotatable bonds is 5. The Labute approximate surface area is 183 Å². The number of aliphatic imine (C=N–C) groups is 1. The van der Waals surface area contributed by atoms with E-state index in [1.54, 1.807) is 6.07 Å². The van der Waals surface area contributed by atoms with Gasteiger partial charge in [0.1, 0.15) is 5.54 Å². The molecular weight excluding hydrogens is 382 g/mol. The van der Waals surface area contributed by atoms with Crippen LogP contribution in [0.15, 0.2) is 87.8 Å². The SMILES string of the molecule is C=C(C)Nc1ccc(/C=C/C=N/C23CC(C)=CC(Cc4[nH]c(=O)ccc42)/C3=C\C)cc1. The fourth-order valence-electron chi connectivity index (χ4n) is 4.90. The normalized spacial score (nSPS) is 23.8. The number of benzene rings is 1. The van der Waals surface area contributed by atoms with Crippen LogP contribution < -0.4 is 10.9 Å². The standard InChI is InChI=1S/C27H29N3O/c1-5-23-21-15-19(4)17-27(23,24-12-13-26(31)30-25(24)16-21)28-14-6-7-20-8-10-22(11-9-20)29-18(2)3/h5-15,21,29H,2,16-17H2,1,3-4H3,(H,30,31)/b7-6+,23-5+,28-14+. The first-order chi connectivity index (χ1) is 14.9. The number of hydrogen-bond acceptors (Lipinski definition) is 3. The molecule has 4 rings (SSSR count). The molecule has 0 amide bonds.